The number of unbranched alkanes of at least 4 members (excludes halogenated alkanes) is 1. The number of nitrogens with zero attached hydrogens (tertiary/aromatic N) is 4. The van der Waals surface area contributed by atoms with Gasteiger partial charge in [-0.1, -0.05) is 45.5 Å². The quantitative estimate of drug-likeness (QED) is 0.481. The molecule has 1 aromatic carbocycles. The number of nitrogens with one attached hydrogen (secondary N) is 1. The van der Waals surface area contributed by atoms with Crippen LogP contribution in [0.4, 0.5) is 23.0 Å². The Kier molecular flexibility index (Phi) is 7.11. The zero-order chi connectivity index (χ0) is 21.1. The molecule has 5 nitrogen and oxygen atoms in total. The van der Waals surface area contributed by atoms with Crippen LogP contribution >= 0.6 is 28.1 Å². The maximum absolute atomic E-state index is 5.63. The Hall–Kier alpha value is -1.73. The van der Waals surface area contributed by atoms with Crippen molar-refractivity contribution < 1.29 is 0 Å². The van der Waals surface area contributed by atoms with E-state index in [2.05, 4.69) is 76.9 Å². The van der Waals surface area contributed by atoms with Crippen LogP contribution in [0.25, 0.3) is 0 Å². The van der Waals surface area contributed by atoms with Gasteiger partial charge in [-0.3, -0.25) is 0 Å². The summed E-state index contributed by atoms with van der Waals surface area (Å²) in [6.07, 6.45) is 2.28. The zero-order valence-corrected chi connectivity index (χ0v) is 20.3. The molecule has 1 aliphatic rings. The number of benzene rings is 1. The fraction of sp³-hybridized carbons (Fsp3) is 0.500. The summed E-state index contributed by atoms with van der Waals surface area (Å²) in [7, 11) is 0. The molecule has 3 rings (SSSR count). The lowest BCUT2D eigenvalue weighted by molar-refractivity contribution is 0.721. The predicted molar refractivity (Wildman–Crippen MR) is 131 cm³/mol. The van der Waals surface area contributed by atoms with Crippen LogP contribution in [0.1, 0.15) is 57.8 Å². The molecule has 0 aliphatic carbocycles. The van der Waals surface area contributed by atoms with Crippen molar-refractivity contribution in [3.05, 3.63) is 34.1 Å². The first kappa shape index (κ1) is 22.0. The Morgan fingerprint density at radius 1 is 1.28 bits per heavy atom. The minimum absolute atomic E-state index is 0.476. The molecule has 0 spiro atoms. The number of fused-ring (bicyclic) bond motifs is 1. The zero-order valence-electron chi connectivity index (χ0n) is 17.9. The molecule has 1 N–H and O–H groups in total. The molecule has 156 valence electrons. The number of aryl methyl sites for hydroxylation is 1. The van der Waals surface area contributed by atoms with Gasteiger partial charge in [0.25, 0.3) is 0 Å². The summed E-state index contributed by atoms with van der Waals surface area (Å²) in [6, 6.07) is 6.53. The molecule has 0 unspecified atom stereocenters. The van der Waals surface area contributed by atoms with Crippen LogP contribution in [0.5, 0.6) is 0 Å². The van der Waals surface area contributed by atoms with Crippen molar-refractivity contribution in [2.24, 2.45) is 0 Å². The highest BCUT2D eigenvalue weighted by molar-refractivity contribution is 9.10. The molecule has 29 heavy (non-hydrogen) atoms. The summed E-state index contributed by atoms with van der Waals surface area (Å²) in [5.41, 5.74) is 3.28. The van der Waals surface area contributed by atoms with Gasteiger partial charge in [-0.25, -0.2) is 9.97 Å². The molecule has 2 aromatic rings. The van der Waals surface area contributed by atoms with Gasteiger partial charge in [-0.05, 0) is 59.8 Å². The number of halogens is 1. The standard InChI is InChI=1S/C22H30BrN5S/c1-6-8-11-27(7-2)21-20-22(25-15(5)24-21)28(13-19(29)26-20)18-10-9-16(14(3)4)12-17(18)23/h9-10,12,14H,6-8,11,13H2,1-5H3,(H,26,29). The molecular formula is C22H30BrN5S. The second kappa shape index (κ2) is 9.39. The number of hydrogen-bond acceptors (Lipinski definition) is 5. The average molecular weight is 476 g/mol. The van der Waals surface area contributed by atoms with E-state index in [1.165, 1.54) is 5.56 Å². The summed E-state index contributed by atoms with van der Waals surface area (Å²) in [6.45, 7) is 13.2. The largest absolute Gasteiger partial charge is 0.355 e. The average Bonchev–Trinajstić information content (AvgIpc) is 2.68. The molecule has 7 heteroatoms. The maximum atomic E-state index is 5.63. The van der Waals surface area contributed by atoms with Crippen molar-refractivity contribution in [1.29, 1.82) is 0 Å². The van der Waals surface area contributed by atoms with E-state index in [1.54, 1.807) is 0 Å². The van der Waals surface area contributed by atoms with Crippen molar-refractivity contribution in [3.8, 4) is 0 Å². The second-order valence-electron chi connectivity index (χ2n) is 7.73. The Morgan fingerprint density at radius 3 is 2.66 bits per heavy atom. The Balaban J connectivity index is 2.10. The highest BCUT2D eigenvalue weighted by atomic mass is 79.9. The van der Waals surface area contributed by atoms with Crippen LogP contribution in [0, 0.1) is 6.92 Å². The van der Waals surface area contributed by atoms with Crippen molar-refractivity contribution in [2.45, 2.75) is 53.4 Å². The summed E-state index contributed by atoms with van der Waals surface area (Å²) in [5.74, 6) is 3.06. The van der Waals surface area contributed by atoms with Crippen molar-refractivity contribution in [2.75, 3.05) is 34.8 Å². The third kappa shape index (κ3) is 4.72. The van der Waals surface area contributed by atoms with E-state index in [-0.39, 0.29) is 0 Å². The van der Waals surface area contributed by atoms with Crippen molar-refractivity contribution >= 4 is 56.1 Å². The molecule has 0 radical (unpaired) electrons. The number of anilines is 4. The van der Waals surface area contributed by atoms with Crippen LogP contribution < -0.4 is 15.1 Å². The van der Waals surface area contributed by atoms with E-state index >= 15 is 0 Å². The highest BCUT2D eigenvalue weighted by Crippen LogP contribution is 2.42. The molecule has 0 saturated carbocycles. The van der Waals surface area contributed by atoms with E-state index in [1.807, 2.05) is 6.92 Å². The number of hydrogen-bond donors (Lipinski definition) is 1. The number of thiocarbonyl (C=S) groups is 1. The lowest BCUT2D eigenvalue weighted by Gasteiger charge is -2.35. The summed E-state index contributed by atoms with van der Waals surface area (Å²) < 4.78 is 1.05. The SMILES string of the molecule is CCCCN(CC)c1nc(C)nc2c1NC(=S)CN2c1ccc(C(C)C)cc1Br. The van der Waals surface area contributed by atoms with Gasteiger partial charge < -0.3 is 15.1 Å². The fourth-order valence-corrected chi connectivity index (χ4v) is 4.38. The minimum Gasteiger partial charge on any atom is -0.355 e. The summed E-state index contributed by atoms with van der Waals surface area (Å²) in [5, 5.41) is 3.40. The van der Waals surface area contributed by atoms with Gasteiger partial charge in [0.2, 0.25) is 0 Å². The summed E-state index contributed by atoms with van der Waals surface area (Å²) in [4.78, 5) is 14.9. The van der Waals surface area contributed by atoms with Crippen molar-refractivity contribution in [1.82, 2.24) is 9.97 Å². The van der Waals surface area contributed by atoms with Gasteiger partial charge in [0.15, 0.2) is 11.6 Å². The molecule has 1 aliphatic heterocycles. The first-order valence-electron chi connectivity index (χ1n) is 10.4. The van der Waals surface area contributed by atoms with Gasteiger partial charge in [-0.2, -0.15) is 0 Å². The topological polar surface area (TPSA) is 44.3 Å². The smallest absolute Gasteiger partial charge is 0.163 e. The summed E-state index contributed by atoms with van der Waals surface area (Å²) >= 11 is 9.41. The molecule has 2 heterocycles. The van der Waals surface area contributed by atoms with Crippen LogP contribution in [-0.4, -0.2) is 34.6 Å². The van der Waals surface area contributed by atoms with E-state index in [4.69, 9.17) is 22.2 Å². The Morgan fingerprint density at radius 2 is 2.03 bits per heavy atom. The van der Waals surface area contributed by atoms with Crippen LogP contribution in [0.2, 0.25) is 0 Å². The minimum atomic E-state index is 0.476. The van der Waals surface area contributed by atoms with E-state index in [9.17, 15) is 0 Å². The normalized spacial score (nSPS) is 13.5. The van der Waals surface area contributed by atoms with Gasteiger partial charge in [0.05, 0.1) is 12.2 Å². The van der Waals surface area contributed by atoms with Crippen LogP contribution in [0.15, 0.2) is 22.7 Å². The van der Waals surface area contributed by atoms with Crippen LogP contribution in [0.3, 0.4) is 0 Å². The van der Waals surface area contributed by atoms with Gasteiger partial charge in [-0.15, -0.1) is 0 Å². The van der Waals surface area contributed by atoms with E-state index < -0.39 is 0 Å². The van der Waals surface area contributed by atoms with Crippen molar-refractivity contribution in [3.63, 3.8) is 0 Å². The fourth-order valence-electron chi connectivity index (χ4n) is 3.54. The lowest BCUT2D eigenvalue weighted by atomic mass is 10.0. The molecular weight excluding hydrogens is 446 g/mol. The first-order chi connectivity index (χ1) is 13.8. The second-order valence-corrected chi connectivity index (χ2v) is 9.07. The molecule has 0 bridgehead atoms. The van der Waals surface area contributed by atoms with Gasteiger partial charge in [0, 0.05) is 17.6 Å². The number of rotatable bonds is 7. The highest BCUT2D eigenvalue weighted by Gasteiger charge is 2.29. The molecule has 0 fully saturated rings. The molecule has 0 amide bonds. The monoisotopic (exact) mass is 475 g/mol. The Labute approximate surface area is 188 Å². The predicted octanol–water partition coefficient (Wildman–Crippen LogP) is 6.19. The third-order valence-corrected chi connectivity index (χ3v) is 6.06. The molecule has 1 aromatic heterocycles. The maximum Gasteiger partial charge on any atom is 0.163 e. The van der Waals surface area contributed by atoms with Crippen LogP contribution in [-0.2, 0) is 0 Å². The van der Waals surface area contributed by atoms with E-state index in [0.717, 1.165) is 64.2 Å². The molecule has 0 saturated heterocycles. The number of aromatic nitrogens is 2. The molecule has 0 atom stereocenters. The van der Waals surface area contributed by atoms with E-state index in [0.29, 0.717) is 12.5 Å². The van der Waals surface area contributed by atoms with Gasteiger partial charge in [0.1, 0.15) is 16.5 Å². The lowest BCUT2D eigenvalue weighted by Crippen LogP contribution is -2.37. The third-order valence-electron chi connectivity index (χ3n) is 5.20. The van der Waals surface area contributed by atoms with Gasteiger partial charge >= 0.3 is 0 Å². The Bertz CT molecular complexity index is 899. The first-order valence-corrected chi connectivity index (χ1v) is 11.6.